The summed E-state index contributed by atoms with van der Waals surface area (Å²) in [5.41, 5.74) is 1.03. The minimum absolute atomic E-state index is 0.0118. The third-order valence-electron chi connectivity index (χ3n) is 3.55. The van der Waals surface area contributed by atoms with Crippen LogP contribution in [0.4, 0.5) is 0 Å². The number of ether oxygens (including phenoxy) is 1. The average Bonchev–Trinajstić information content (AvgIpc) is 2.50. The Morgan fingerprint density at radius 2 is 1.96 bits per heavy atom. The lowest BCUT2D eigenvalue weighted by molar-refractivity contribution is 0.262. The molecule has 0 bridgehead atoms. The summed E-state index contributed by atoms with van der Waals surface area (Å²) in [5.74, 6) is 0.341. The number of hydrogen-bond donors (Lipinski definition) is 1. The van der Waals surface area contributed by atoms with Crippen molar-refractivity contribution in [2.24, 2.45) is 0 Å². The summed E-state index contributed by atoms with van der Waals surface area (Å²) >= 11 is 0. The first-order valence-electron chi connectivity index (χ1n) is 6.93. The Hall–Kier alpha value is -3.02. The predicted octanol–water partition coefficient (Wildman–Crippen LogP) is 2.65. The van der Waals surface area contributed by atoms with E-state index in [4.69, 9.17) is 18.7 Å². The smallest absolute Gasteiger partial charge is 0.336 e. The highest BCUT2D eigenvalue weighted by molar-refractivity contribution is 5.84. The molecule has 3 rings (SSSR count). The summed E-state index contributed by atoms with van der Waals surface area (Å²) in [6.45, 7) is 3.63. The maximum absolute atomic E-state index is 11.5. The second-order valence-corrected chi connectivity index (χ2v) is 5.20. The molecule has 1 aromatic carbocycles. The number of rotatable bonds is 3. The van der Waals surface area contributed by atoms with Crippen molar-refractivity contribution in [3.8, 4) is 11.5 Å². The molecule has 0 spiro atoms. The lowest BCUT2D eigenvalue weighted by Crippen LogP contribution is -2.04. The molecular weight excluding hydrogens is 300 g/mol. The number of aromatic hydroxyl groups is 1. The minimum atomic E-state index is -0.535. The molecule has 0 saturated heterocycles. The zero-order valence-electron chi connectivity index (χ0n) is 12.6. The molecule has 0 amide bonds. The summed E-state index contributed by atoms with van der Waals surface area (Å²) in [6, 6.07) is 6.18. The highest BCUT2D eigenvalue weighted by Crippen LogP contribution is 2.28. The van der Waals surface area contributed by atoms with Gasteiger partial charge in [0.1, 0.15) is 30.0 Å². The maximum Gasteiger partial charge on any atom is 0.336 e. The van der Waals surface area contributed by atoms with Gasteiger partial charge in [-0.1, -0.05) is 0 Å². The molecule has 6 heteroatoms. The third kappa shape index (κ3) is 2.83. The van der Waals surface area contributed by atoms with E-state index in [1.807, 2.05) is 13.0 Å². The van der Waals surface area contributed by atoms with Crippen LogP contribution in [0.15, 0.2) is 49.0 Å². The summed E-state index contributed by atoms with van der Waals surface area (Å²) in [6.07, 6.45) is 0.969. The van der Waals surface area contributed by atoms with Crippen LogP contribution >= 0.6 is 0 Å². The molecule has 0 radical (unpaired) electrons. The summed E-state index contributed by atoms with van der Waals surface area (Å²) in [5, 5.41) is 9.99. The summed E-state index contributed by atoms with van der Waals surface area (Å²) in [4.78, 5) is 22.9. The molecule has 23 heavy (non-hydrogen) atoms. The number of fused-ring (bicyclic) bond motifs is 1. The molecule has 0 unspecified atom stereocenters. The van der Waals surface area contributed by atoms with E-state index in [-0.39, 0.29) is 12.4 Å². The first kappa shape index (κ1) is 14.9. The Labute approximate surface area is 130 Å². The molecule has 1 N–H and O–H groups in total. The predicted molar refractivity (Wildman–Crippen MR) is 82.9 cm³/mol. The average molecular weight is 314 g/mol. The van der Waals surface area contributed by atoms with Crippen molar-refractivity contribution in [1.82, 2.24) is 0 Å². The maximum atomic E-state index is 11.5. The van der Waals surface area contributed by atoms with E-state index < -0.39 is 16.8 Å². The summed E-state index contributed by atoms with van der Waals surface area (Å²) in [7, 11) is 0. The number of aryl methyl sites for hydroxylation is 2. The van der Waals surface area contributed by atoms with E-state index >= 15 is 0 Å². The van der Waals surface area contributed by atoms with Gasteiger partial charge < -0.3 is 18.7 Å². The van der Waals surface area contributed by atoms with Crippen molar-refractivity contribution in [3.05, 3.63) is 68.1 Å². The molecular formula is C17H14O6. The second-order valence-electron chi connectivity index (χ2n) is 5.20. The van der Waals surface area contributed by atoms with E-state index in [9.17, 15) is 9.59 Å². The number of hydrogen-bond acceptors (Lipinski definition) is 6. The first-order chi connectivity index (χ1) is 11.0. The van der Waals surface area contributed by atoms with E-state index in [1.54, 1.807) is 13.0 Å². The van der Waals surface area contributed by atoms with Crippen molar-refractivity contribution in [3.63, 3.8) is 0 Å². The SMILES string of the molecule is Cc1cc(=O)oc2c(C)c(OCc3cc(=O)c(O)co3)ccc12. The van der Waals surface area contributed by atoms with Gasteiger partial charge in [-0.05, 0) is 31.5 Å². The minimum Gasteiger partial charge on any atom is -0.502 e. The molecule has 6 nitrogen and oxygen atoms in total. The quantitative estimate of drug-likeness (QED) is 0.747. The van der Waals surface area contributed by atoms with Crippen LogP contribution in [0, 0.1) is 13.8 Å². The van der Waals surface area contributed by atoms with Crippen LogP contribution in [0.2, 0.25) is 0 Å². The van der Waals surface area contributed by atoms with Gasteiger partial charge in [-0.2, -0.15) is 0 Å². The highest BCUT2D eigenvalue weighted by Gasteiger charge is 2.11. The second kappa shape index (κ2) is 5.64. The van der Waals surface area contributed by atoms with Gasteiger partial charge in [0.05, 0.1) is 0 Å². The van der Waals surface area contributed by atoms with Gasteiger partial charge in [0.25, 0.3) is 0 Å². The van der Waals surface area contributed by atoms with Crippen LogP contribution in [0.3, 0.4) is 0 Å². The highest BCUT2D eigenvalue weighted by atomic mass is 16.5. The third-order valence-corrected chi connectivity index (χ3v) is 3.55. The van der Waals surface area contributed by atoms with E-state index in [2.05, 4.69) is 0 Å². The lowest BCUT2D eigenvalue weighted by atomic mass is 10.1. The van der Waals surface area contributed by atoms with Crippen LogP contribution in [0.1, 0.15) is 16.9 Å². The zero-order chi connectivity index (χ0) is 16.6. The van der Waals surface area contributed by atoms with Crippen molar-refractivity contribution in [1.29, 1.82) is 0 Å². The first-order valence-corrected chi connectivity index (χ1v) is 6.93. The lowest BCUT2D eigenvalue weighted by Gasteiger charge is -2.11. The Balaban J connectivity index is 1.94. The van der Waals surface area contributed by atoms with Crippen molar-refractivity contribution >= 4 is 11.0 Å². The molecule has 2 aromatic heterocycles. The molecule has 0 saturated carbocycles. The number of benzene rings is 1. The summed E-state index contributed by atoms with van der Waals surface area (Å²) < 4.78 is 16.0. The Kier molecular flexibility index (Phi) is 3.65. The fourth-order valence-corrected chi connectivity index (χ4v) is 2.32. The molecule has 2 heterocycles. The standard InChI is InChI=1S/C17H14O6/c1-9-5-16(20)23-17-10(2)15(4-3-12(9)17)22-7-11-6-13(18)14(19)8-21-11/h3-6,8,19H,7H2,1-2H3. The van der Waals surface area contributed by atoms with E-state index in [0.29, 0.717) is 16.9 Å². The van der Waals surface area contributed by atoms with Gasteiger partial charge in [0, 0.05) is 23.1 Å². The van der Waals surface area contributed by atoms with E-state index in [0.717, 1.165) is 23.3 Å². The zero-order valence-corrected chi connectivity index (χ0v) is 12.6. The van der Waals surface area contributed by atoms with Crippen LogP contribution in [-0.4, -0.2) is 5.11 Å². The van der Waals surface area contributed by atoms with Gasteiger partial charge in [0.2, 0.25) is 5.43 Å². The van der Waals surface area contributed by atoms with Crippen LogP contribution in [0.25, 0.3) is 11.0 Å². The normalized spacial score (nSPS) is 10.9. The van der Waals surface area contributed by atoms with Gasteiger partial charge in [-0.15, -0.1) is 0 Å². The Bertz CT molecular complexity index is 996. The molecule has 0 fully saturated rings. The van der Waals surface area contributed by atoms with Crippen molar-refractivity contribution in [2.45, 2.75) is 20.5 Å². The van der Waals surface area contributed by atoms with Crippen molar-refractivity contribution < 1.29 is 18.7 Å². The van der Waals surface area contributed by atoms with Gasteiger partial charge in [-0.25, -0.2) is 4.79 Å². The fraction of sp³-hybridized carbons (Fsp3) is 0.176. The largest absolute Gasteiger partial charge is 0.502 e. The Morgan fingerprint density at radius 3 is 2.70 bits per heavy atom. The van der Waals surface area contributed by atoms with Crippen LogP contribution in [0.5, 0.6) is 11.5 Å². The molecule has 118 valence electrons. The van der Waals surface area contributed by atoms with Gasteiger partial charge >= 0.3 is 5.63 Å². The van der Waals surface area contributed by atoms with Crippen LogP contribution < -0.4 is 15.8 Å². The molecule has 0 aliphatic carbocycles. The molecule has 0 aliphatic rings. The molecule has 0 aliphatic heterocycles. The fourth-order valence-electron chi connectivity index (χ4n) is 2.32. The molecule has 3 aromatic rings. The van der Waals surface area contributed by atoms with Crippen molar-refractivity contribution in [2.75, 3.05) is 0 Å². The van der Waals surface area contributed by atoms with Gasteiger partial charge in [-0.3, -0.25) is 4.79 Å². The van der Waals surface area contributed by atoms with Gasteiger partial charge in [0.15, 0.2) is 5.75 Å². The molecule has 0 atom stereocenters. The van der Waals surface area contributed by atoms with E-state index in [1.165, 1.54) is 6.07 Å². The monoisotopic (exact) mass is 314 g/mol. The Morgan fingerprint density at radius 1 is 1.17 bits per heavy atom. The van der Waals surface area contributed by atoms with Crippen LogP contribution in [-0.2, 0) is 6.61 Å². The topological polar surface area (TPSA) is 89.9 Å².